The third-order valence-corrected chi connectivity index (χ3v) is 2.73. The molecule has 0 saturated carbocycles. The summed E-state index contributed by atoms with van der Waals surface area (Å²) < 4.78 is 53.4. The normalized spacial score (nSPS) is 12.5. The topological polar surface area (TPSA) is 24.9 Å². The van der Waals surface area contributed by atoms with E-state index < -0.39 is 29.3 Å². The highest BCUT2D eigenvalue weighted by Crippen LogP contribution is 2.26. The minimum atomic E-state index is -1.59. The summed E-state index contributed by atoms with van der Waals surface area (Å²) in [5.41, 5.74) is -0.297. The van der Waals surface area contributed by atoms with Gasteiger partial charge in [-0.05, 0) is 25.2 Å². The SMILES string of the molecule is CNC(c1ccc(F)c(F)c1F)c1ncccc1F. The summed E-state index contributed by atoms with van der Waals surface area (Å²) in [5.74, 6) is -4.90. The van der Waals surface area contributed by atoms with Crippen LogP contribution in [-0.2, 0) is 0 Å². The number of hydrogen-bond acceptors (Lipinski definition) is 2. The van der Waals surface area contributed by atoms with Crippen molar-refractivity contribution < 1.29 is 17.6 Å². The second kappa shape index (κ2) is 5.36. The summed E-state index contributed by atoms with van der Waals surface area (Å²) in [6.45, 7) is 0. The van der Waals surface area contributed by atoms with Gasteiger partial charge in [0.05, 0.1) is 11.7 Å². The minimum absolute atomic E-state index is 0.0880. The van der Waals surface area contributed by atoms with E-state index in [1.54, 1.807) is 0 Å². The van der Waals surface area contributed by atoms with Crippen LogP contribution in [0.4, 0.5) is 17.6 Å². The van der Waals surface area contributed by atoms with Gasteiger partial charge in [0.15, 0.2) is 17.5 Å². The summed E-state index contributed by atoms with van der Waals surface area (Å²) in [4.78, 5) is 3.80. The Bertz CT molecular complexity index is 601. The Morgan fingerprint density at radius 1 is 1.00 bits per heavy atom. The van der Waals surface area contributed by atoms with Crippen LogP contribution in [0.2, 0.25) is 0 Å². The maximum absolute atomic E-state index is 13.7. The molecule has 19 heavy (non-hydrogen) atoms. The van der Waals surface area contributed by atoms with Crippen molar-refractivity contribution in [2.24, 2.45) is 0 Å². The molecule has 0 saturated heterocycles. The van der Waals surface area contributed by atoms with Gasteiger partial charge in [-0.25, -0.2) is 17.6 Å². The number of halogens is 4. The number of rotatable bonds is 3. The van der Waals surface area contributed by atoms with E-state index in [9.17, 15) is 17.6 Å². The van der Waals surface area contributed by atoms with E-state index in [1.807, 2.05) is 0 Å². The molecule has 0 aliphatic carbocycles. The number of aromatic nitrogens is 1. The zero-order valence-corrected chi connectivity index (χ0v) is 9.92. The average Bonchev–Trinajstić information content (AvgIpc) is 2.41. The number of benzene rings is 1. The van der Waals surface area contributed by atoms with Gasteiger partial charge in [0, 0.05) is 11.8 Å². The van der Waals surface area contributed by atoms with Gasteiger partial charge in [0.1, 0.15) is 5.82 Å². The van der Waals surface area contributed by atoms with Gasteiger partial charge >= 0.3 is 0 Å². The van der Waals surface area contributed by atoms with E-state index in [2.05, 4.69) is 10.3 Å². The second-order valence-electron chi connectivity index (χ2n) is 3.86. The van der Waals surface area contributed by atoms with Crippen molar-refractivity contribution >= 4 is 0 Å². The Balaban J connectivity index is 2.55. The molecule has 0 amide bonds. The largest absolute Gasteiger partial charge is 0.308 e. The molecule has 0 aliphatic heterocycles. The standard InChI is InChI=1S/C13H10F4N2/c1-18-12(13-9(15)3-2-6-19-13)7-4-5-8(14)11(17)10(7)16/h2-6,12,18H,1H3. The van der Waals surface area contributed by atoms with Gasteiger partial charge in [-0.15, -0.1) is 0 Å². The number of pyridine rings is 1. The molecule has 1 heterocycles. The molecule has 0 fully saturated rings. The first-order valence-electron chi connectivity index (χ1n) is 5.47. The lowest BCUT2D eigenvalue weighted by Gasteiger charge is -2.17. The Morgan fingerprint density at radius 2 is 1.74 bits per heavy atom. The lowest BCUT2D eigenvalue weighted by Crippen LogP contribution is -2.22. The number of nitrogens with one attached hydrogen (secondary N) is 1. The van der Waals surface area contributed by atoms with Gasteiger partial charge in [-0.1, -0.05) is 6.07 Å². The van der Waals surface area contributed by atoms with Gasteiger partial charge in [-0.2, -0.15) is 0 Å². The fourth-order valence-electron chi connectivity index (χ4n) is 1.81. The van der Waals surface area contributed by atoms with Crippen LogP contribution in [0.3, 0.4) is 0 Å². The zero-order chi connectivity index (χ0) is 14.0. The number of nitrogens with zero attached hydrogens (tertiary/aromatic N) is 1. The highest BCUT2D eigenvalue weighted by Gasteiger charge is 2.24. The van der Waals surface area contributed by atoms with Crippen LogP contribution in [0.15, 0.2) is 30.5 Å². The van der Waals surface area contributed by atoms with Crippen molar-refractivity contribution in [2.75, 3.05) is 7.05 Å². The molecule has 2 rings (SSSR count). The van der Waals surface area contributed by atoms with E-state index in [-0.39, 0.29) is 11.3 Å². The Labute approximate surface area is 107 Å². The average molecular weight is 270 g/mol. The summed E-state index contributed by atoms with van der Waals surface area (Å²) in [5, 5.41) is 2.63. The van der Waals surface area contributed by atoms with E-state index in [1.165, 1.54) is 19.3 Å². The van der Waals surface area contributed by atoms with E-state index in [4.69, 9.17) is 0 Å². The van der Waals surface area contributed by atoms with Crippen molar-refractivity contribution in [3.05, 3.63) is 65.0 Å². The van der Waals surface area contributed by atoms with Crippen molar-refractivity contribution in [3.63, 3.8) is 0 Å². The first-order valence-corrected chi connectivity index (χ1v) is 5.47. The smallest absolute Gasteiger partial charge is 0.194 e. The lowest BCUT2D eigenvalue weighted by molar-refractivity contribution is 0.432. The molecular weight excluding hydrogens is 260 g/mol. The molecule has 100 valence electrons. The predicted molar refractivity (Wildman–Crippen MR) is 61.4 cm³/mol. The molecule has 0 aliphatic rings. The molecular formula is C13H10F4N2. The third kappa shape index (κ3) is 2.44. The second-order valence-corrected chi connectivity index (χ2v) is 3.86. The molecule has 1 atom stereocenters. The molecule has 1 aromatic heterocycles. The Morgan fingerprint density at radius 3 is 2.37 bits per heavy atom. The summed E-state index contributed by atoms with van der Waals surface area (Å²) >= 11 is 0. The van der Waals surface area contributed by atoms with Crippen LogP contribution >= 0.6 is 0 Å². The van der Waals surface area contributed by atoms with Crippen molar-refractivity contribution in [3.8, 4) is 0 Å². The van der Waals surface area contributed by atoms with Crippen molar-refractivity contribution in [1.82, 2.24) is 10.3 Å². The third-order valence-electron chi connectivity index (χ3n) is 2.73. The molecule has 6 heteroatoms. The van der Waals surface area contributed by atoms with Crippen molar-refractivity contribution in [2.45, 2.75) is 6.04 Å². The van der Waals surface area contributed by atoms with E-state index in [0.717, 1.165) is 18.2 Å². The predicted octanol–water partition coefficient (Wildman–Crippen LogP) is 2.95. The molecule has 1 aromatic carbocycles. The maximum Gasteiger partial charge on any atom is 0.194 e. The monoisotopic (exact) mass is 270 g/mol. The van der Waals surface area contributed by atoms with Crippen molar-refractivity contribution in [1.29, 1.82) is 0 Å². The first kappa shape index (κ1) is 13.5. The zero-order valence-electron chi connectivity index (χ0n) is 9.92. The fraction of sp³-hybridized carbons (Fsp3) is 0.154. The molecule has 0 bridgehead atoms. The Kier molecular flexibility index (Phi) is 3.80. The summed E-state index contributed by atoms with van der Waals surface area (Å²) in [6, 6.07) is 3.39. The lowest BCUT2D eigenvalue weighted by atomic mass is 10.0. The fourth-order valence-corrected chi connectivity index (χ4v) is 1.81. The van der Waals surface area contributed by atoms with Crippen LogP contribution in [0.5, 0.6) is 0 Å². The highest BCUT2D eigenvalue weighted by atomic mass is 19.2. The molecule has 2 aromatic rings. The van der Waals surface area contributed by atoms with Crippen LogP contribution in [0.1, 0.15) is 17.3 Å². The van der Waals surface area contributed by atoms with Gasteiger partial charge in [-0.3, -0.25) is 4.98 Å². The first-order chi connectivity index (χ1) is 9.06. The Hall–Kier alpha value is -1.95. The van der Waals surface area contributed by atoms with Gasteiger partial charge in [0.25, 0.3) is 0 Å². The molecule has 0 radical (unpaired) electrons. The maximum atomic E-state index is 13.7. The molecule has 2 nitrogen and oxygen atoms in total. The molecule has 1 N–H and O–H groups in total. The quantitative estimate of drug-likeness (QED) is 0.685. The van der Waals surface area contributed by atoms with E-state index >= 15 is 0 Å². The van der Waals surface area contributed by atoms with Crippen LogP contribution < -0.4 is 5.32 Å². The number of hydrogen-bond donors (Lipinski definition) is 1. The minimum Gasteiger partial charge on any atom is -0.308 e. The summed E-state index contributed by atoms with van der Waals surface area (Å²) in [7, 11) is 1.44. The van der Waals surface area contributed by atoms with Gasteiger partial charge < -0.3 is 5.32 Å². The van der Waals surface area contributed by atoms with E-state index in [0.29, 0.717) is 0 Å². The molecule has 1 unspecified atom stereocenters. The van der Waals surface area contributed by atoms with Crippen LogP contribution in [0, 0.1) is 23.3 Å². The highest BCUT2D eigenvalue weighted by molar-refractivity contribution is 5.30. The van der Waals surface area contributed by atoms with Gasteiger partial charge in [0.2, 0.25) is 0 Å². The molecule has 0 spiro atoms. The summed E-state index contributed by atoms with van der Waals surface area (Å²) in [6.07, 6.45) is 1.33. The van der Waals surface area contributed by atoms with Crippen LogP contribution in [-0.4, -0.2) is 12.0 Å². The van der Waals surface area contributed by atoms with Crippen LogP contribution in [0.25, 0.3) is 0 Å².